The van der Waals surface area contributed by atoms with E-state index in [1.54, 1.807) is 12.1 Å². The topological polar surface area (TPSA) is 38.3 Å². The number of anilines is 1. The van der Waals surface area contributed by atoms with Crippen molar-refractivity contribution in [1.29, 1.82) is 0 Å². The molecule has 4 heteroatoms. The second-order valence-corrected chi connectivity index (χ2v) is 4.62. The molecule has 0 aliphatic rings. The average Bonchev–Trinajstić information content (AvgIpc) is 2.40. The van der Waals surface area contributed by atoms with E-state index < -0.39 is 0 Å². The van der Waals surface area contributed by atoms with Crippen LogP contribution in [0.15, 0.2) is 53.0 Å². The Kier molecular flexibility index (Phi) is 4.36. The number of ether oxygens (including phenoxy) is 1. The van der Waals surface area contributed by atoms with E-state index in [0.717, 1.165) is 21.5 Å². The Bertz CT molecular complexity index is 508. The molecule has 92 valence electrons. The van der Waals surface area contributed by atoms with E-state index in [2.05, 4.69) is 21.2 Å². The van der Waals surface area contributed by atoms with Gasteiger partial charge >= 0.3 is 0 Å². The lowest BCUT2D eigenvalue weighted by Gasteiger charge is -2.07. The maximum atomic E-state index is 10.3. The number of carbonyl (C=O) groups excluding carboxylic acids is 1. The highest BCUT2D eigenvalue weighted by atomic mass is 79.9. The molecule has 0 bridgehead atoms. The molecular weight excluding hydrogens is 294 g/mol. The van der Waals surface area contributed by atoms with Crippen LogP contribution in [0, 0.1) is 0 Å². The molecule has 0 heterocycles. The van der Waals surface area contributed by atoms with Crippen molar-refractivity contribution < 1.29 is 9.53 Å². The van der Waals surface area contributed by atoms with Gasteiger partial charge in [-0.15, -0.1) is 0 Å². The van der Waals surface area contributed by atoms with Crippen LogP contribution in [0.3, 0.4) is 0 Å². The summed E-state index contributed by atoms with van der Waals surface area (Å²) < 4.78 is 6.69. The van der Waals surface area contributed by atoms with Crippen molar-refractivity contribution in [2.75, 3.05) is 5.32 Å². The molecule has 0 aliphatic heterocycles. The van der Waals surface area contributed by atoms with Crippen LogP contribution < -0.4 is 10.1 Å². The van der Waals surface area contributed by atoms with Gasteiger partial charge in [-0.1, -0.05) is 28.1 Å². The smallest absolute Gasteiger partial charge is 0.211 e. The van der Waals surface area contributed by atoms with Crippen molar-refractivity contribution in [2.24, 2.45) is 0 Å². The Morgan fingerprint density at radius 3 is 2.33 bits per heavy atom. The van der Waals surface area contributed by atoms with E-state index in [1.807, 2.05) is 36.4 Å². The molecule has 1 N–H and O–H groups in total. The van der Waals surface area contributed by atoms with Crippen molar-refractivity contribution in [1.82, 2.24) is 0 Å². The van der Waals surface area contributed by atoms with E-state index in [1.165, 1.54) is 0 Å². The van der Waals surface area contributed by atoms with Crippen LogP contribution in [0.1, 0.15) is 5.56 Å². The number of hydrogen-bond donors (Lipinski definition) is 1. The molecule has 0 aliphatic carbocycles. The molecule has 2 aromatic rings. The van der Waals surface area contributed by atoms with Gasteiger partial charge in [0.05, 0.1) is 0 Å². The Morgan fingerprint density at radius 2 is 1.72 bits per heavy atom. The normalized spacial score (nSPS) is 9.83. The lowest BCUT2D eigenvalue weighted by atomic mass is 10.2. The summed E-state index contributed by atoms with van der Waals surface area (Å²) in [6.45, 7) is 0.522. The Labute approximate surface area is 114 Å². The number of amides is 1. The summed E-state index contributed by atoms with van der Waals surface area (Å²) >= 11 is 3.39. The van der Waals surface area contributed by atoms with Crippen molar-refractivity contribution in [3.8, 4) is 5.75 Å². The Balaban J connectivity index is 1.93. The third-order valence-corrected chi connectivity index (χ3v) is 2.93. The lowest BCUT2D eigenvalue weighted by Crippen LogP contribution is -1.96. The Morgan fingerprint density at radius 1 is 1.06 bits per heavy atom. The van der Waals surface area contributed by atoms with Gasteiger partial charge < -0.3 is 10.1 Å². The van der Waals surface area contributed by atoms with Gasteiger partial charge in [-0.05, 0) is 42.0 Å². The van der Waals surface area contributed by atoms with Crippen molar-refractivity contribution in [3.63, 3.8) is 0 Å². The first-order valence-corrected chi connectivity index (χ1v) is 6.25. The summed E-state index contributed by atoms with van der Waals surface area (Å²) in [6, 6.07) is 15.2. The van der Waals surface area contributed by atoms with Crippen molar-refractivity contribution in [2.45, 2.75) is 6.61 Å². The predicted octanol–water partition coefficient (Wildman–Crippen LogP) is 3.60. The molecule has 0 aromatic heterocycles. The van der Waals surface area contributed by atoms with Gasteiger partial charge in [0.25, 0.3) is 0 Å². The zero-order valence-electron chi connectivity index (χ0n) is 9.60. The number of hydrogen-bond acceptors (Lipinski definition) is 2. The van der Waals surface area contributed by atoms with Gasteiger partial charge in [0, 0.05) is 10.2 Å². The SMILES string of the molecule is O=CNc1ccc(OCc2ccc(Br)cc2)cc1. The number of nitrogens with one attached hydrogen (secondary N) is 1. The highest BCUT2D eigenvalue weighted by molar-refractivity contribution is 9.10. The molecule has 0 saturated heterocycles. The summed E-state index contributed by atoms with van der Waals surface area (Å²) in [4.78, 5) is 10.3. The number of rotatable bonds is 5. The molecule has 2 aromatic carbocycles. The van der Waals surface area contributed by atoms with Gasteiger partial charge in [-0.3, -0.25) is 4.79 Å². The maximum Gasteiger partial charge on any atom is 0.211 e. The monoisotopic (exact) mass is 305 g/mol. The van der Waals surface area contributed by atoms with Gasteiger partial charge in [-0.25, -0.2) is 0 Å². The van der Waals surface area contributed by atoms with Crippen LogP contribution in [0.2, 0.25) is 0 Å². The minimum Gasteiger partial charge on any atom is -0.489 e. The van der Waals surface area contributed by atoms with E-state index in [9.17, 15) is 4.79 Å². The standard InChI is InChI=1S/C14H12BrNO2/c15-12-3-1-11(2-4-12)9-18-14-7-5-13(6-8-14)16-10-17/h1-8,10H,9H2,(H,16,17). The van der Waals surface area contributed by atoms with Gasteiger partial charge in [-0.2, -0.15) is 0 Å². The average molecular weight is 306 g/mol. The molecule has 1 amide bonds. The summed E-state index contributed by atoms with van der Waals surface area (Å²) in [5.74, 6) is 0.773. The zero-order chi connectivity index (χ0) is 12.8. The molecule has 0 unspecified atom stereocenters. The third kappa shape index (κ3) is 3.60. The largest absolute Gasteiger partial charge is 0.489 e. The summed E-state index contributed by atoms with van der Waals surface area (Å²) in [5, 5.41) is 2.57. The second-order valence-electron chi connectivity index (χ2n) is 3.70. The van der Waals surface area contributed by atoms with E-state index in [4.69, 9.17) is 4.74 Å². The summed E-state index contributed by atoms with van der Waals surface area (Å²) in [5.41, 5.74) is 1.86. The fourth-order valence-corrected chi connectivity index (χ4v) is 1.73. The summed E-state index contributed by atoms with van der Waals surface area (Å²) in [6.07, 6.45) is 0.650. The first-order valence-electron chi connectivity index (χ1n) is 5.45. The molecule has 18 heavy (non-hydrogen) atoms. The van der Waals surface area contributed by atoms with Crippen LogP contribution in [0.4, 0.5) is 5.69 Å². The van der Waals surface area contributed by atoms with Crippen molar-refractivity contribution in [3.05, 3.63) is 58.6 Å². The quantitative estimate of drug-likeness (QED) is 0.857. The second kappa shape index (κ2) is 6.21. The highest BCUT2D eigenvalue weighted by Gasteiger charge is 1.97. The molecule has 0 saturated carbocycles. The van der Waals surface area contributed by atoms with E-state index >= 15 is 0 Å². The van der Waals surface area contributed by atoms with Crippen LogP contribution in [-0.4, -0.2) is 6.41 Å². The van der Waals surface area contributed by atoms with Gasteiger partial charge in [0.2, 0.25) is 6.41 Å². The summed E-state index contributed by atoms with van der Waals surface area (Å²) in [7, 11) is 0. The number of halogens is 1. The number of carbonyl (C=O) groups is 1. The maximum absolute atomic E-state index is 10.3. The molecule has 2 rings (SSSR count). The van der Waals surface area contributed by atoms with Crippen molar-refractivity contribution >= 4 is 28.0 Å². The molecule has 0 fully saturated rings. The third-order valence-electron chi connectivity index (χ3n) is 2.40. The van der Waals surface area contributed by atoms with Crippen LogP contribution >= 0.6 is 15.9 Å². The lowest BCUT2D eigenvalue weighted by molar-refractivity contribution is -0.105. The van der Waals surface area contributed by atoms with Crippen LogP contribution in [0.5, 0.6) is 5.75 Å². The number of benzene rings is 2. The fraction of sp³-hybridized carbons (Fsp3) is 0.0714. The first kappa shape index (κ1) is 12.6. The van der Waals surface area contributed by atoms with E-state index in [0.29, 0.717) is 13.0 Å². The fourth-order valence-electron chi connectivity index (χ4n) is 1.46. The predicted molar refractivity (Wildman–Crippen MR) is 74.6 cm³/mol. The van der Waals surface area contributed by atoms with Crippen LogP contribution in [-0.2, 0) is 11.4 Å². The minimum atomic E-state index is 0.522. The van der Waals surface area contributed by atoms with E-state index in [-0.39, 0.29) is 0 Å². The zero-order valence-corrected chi connectivity index (χ0v) is 11.2. The molecule has 0 atom stereocenters. The van der Waals surface area contributed by atoms with Gasteiger partial charge in [0.1, 0.15) is 12.4 Å². The Hall–Kier alpha value is -1.81. The molecule has 0 radical (unpaired) electrons. The van der Waals surface area contributed by atoms with Crippen LogP contribution in [0.25, 0.3) is 0 Å². The highest BCUT2D eigenvalue weighted by Crippen LogP contribution is 2.17. The molecule has 0 spiro atoms. The molecule has 3 nitrogen and oxygen atoms in total. The first-order chi connectivity index (χ1) is 8.78. The molecular formula is C14H12BrNO2. The minimum absolute atomic E-state index is 0.522. The van der Waals surface area contributed by atoms with Gasteiger partial charge in [0.15, 0.2) is 0 Å².